The van der Waals surface area contributed by atoms with E-state index < -0.39 is 0 Å². The number of amides is 1. The summed E-state index contributed by atoms with van der Waals surface area (Å²) in [5.41, 5.74) is 0. The Balaban J connectivity index is 4.25. The number of likely N-dealkylation sites (N-methyl/N-ethyl adjacent to an activating group) is 1. The second-order valence-corrected chi connectivity index (χ2v) is 16.2. The standard InChI is InChI=1S/C46H90N2O5/c1-6-9-12-15-18-19-20-21-22-26-31-37-45(50)52-41-34-40-48(44(49)42-47(4)5)39-33-28-23-27-32-38-46(51)53-43(35-29-24-16-13-10-7-2)36-30-25-17-14-11-8-3/h43H,6-42H2,1-5H3. The topological polar surface area (TPSA) is 76.1 Å². The second kappa shape index (κ2) is 40.0. The van der Waals surface area contributed by atoms with Crippen molar-refractivity contribution in [1.29, 1.82) is 0 Å². The van der Waals surface area contributed by atoms with E-state index in [0.717, 1.165) is 77.2 Å². The van der Waals surface area contributed by atoms with Crippen molar-refractivity contribution >= 4 is 17.8 Å². The number of hydrogen-bond donors (Lipinski definition) is 0. The molecule has 0 saturated heterocycles. The van der Waals surface area contributed by atoms with Crippen LogP contribution in [0.2, 0.25) is 0 Å². The lowest BCUT2D eigenvalue weighted by molar-refractivity contribution is -0.150. The van der Waals surface area contributed by atoms with Crippen LogP contribution in [0, 0.1) is 0 Å². The lowest BCUT2D eigenvalue weighted by atomic mass is 10.0. The highest BCUT2D eigenvalue weighted by atomic mass is 16.5. The maximum Gasteiger partial charge on any atom is 0.306 e. The van der Waals surface area contributed by atoms with Gasteiger partial charge in [0.25, 0.3) is 0 Å². The molecule has 0 aliphatic rings. The Morgan fingerprint density at radius 2 is 0.830 bits per heavy atom. The Morgan fingerprint density at radius 1 is 0.453 bits per heavy atom. The van der Waals surface area contributed by atoms with Crippen LogP contribution in [0.5, 0.6) is 0 Å². The van der Waals surface area contributed by atoms with E-state index in [0.29, 0.717) is 39.0 Å². The number of carbonyl (C=O) groups is 3. The lowest BCUT2D eigenvalue weighted by Crippen LogP contribution is -2.39. The van der Waals surface area contributed by atoms with Gasteiger partial charge in [0.05, 0.1) is 13.2 Å². The summed E-state index contributed by atoms with van der Waals surface area (Å²) in [6.45, 7) is 8.87. The summed E-state index contributed by atoms with van der Waals surface area (Å²) in [6.07, 6.45) is 37.9. The molecule has 53 heavy (non-hydrogen) atoms. The molecule has 0 bridgehead atoms. The molecule has 0 aromatic heterocycles. The van der Waals surface area contributed by atoms with Crippen LogP contribution >= 0.6 is 0 Å². The largest absolute Gasteiger partial charge is 0.466 e. The van der Waals surface area contributed by atoms with Crippen molar-refractivity contribution in [3.05, 3.63) is 0 Å². The average Bonchev–Trinajstić information content (AvgIpc) is 3.13. The molecule has 1 amide bonds. The fourth-order valence-electron chi connectivity index (χ4n) is 7.09. The summed E-state index contributed by atoms with van der Waals surface area (Å²) >= 11 is 0. The highest BCUT2D eigenvalue weighted by molar-refractivity contribution is 5.78. The number of unbranched alkanes of at least 4 members (excludes halogenated alkanes) is 24. The highest BCUT2D eigenvalue weighted by Gasteiger charge is 2.16. The van der Waals surface area contributed by atoms with E-state index in [2.05, 4.69) is 20.8 Å². The Bertz CT molecular complexity index is 804. The molecule has 314 valence electrons. The van der Waals surface area contributed by atoms with Crippen LogP contribution < -0.4 is 0 Å². The maximum atomic E-state index is 12.9. The van der Waals surface area contributed by atoms with Crippen LogP contribution in [0.3, 0.4) is 0 Å². The molecule has 0 unspecified atom stereocenters. The minimum absolute atomic E-state index is 0.0214. The second-order valence-electron chi connectivity index (χ2n) is 16.2. The van der Waals surface area contributed by atoms with Crippen molar-refractivity contribution in [3.63, 3.8) is 0 Å². The maximum absolute atomic E-state index is 12.9. The van der Waals surface area contributed by atoms with Crippen molar-refractivity contribution in [2.75, 3.05) is 40.3 Å². The zero-order valence-corrected chi connectivity index (χ0v) is 36.2. The summed E-state index contributed by atoms with van der Waals surface area (Å²) in [6, 6.07) is 0. The SMILES string of the molecule is CCCCCCCCCCCCCC(=O)OCCCN(CCCCCCCC(=O)OC(CCCCCCCC)CCCCCCCC)C(=O)CN(C)C. The van der Waals surface area contributed by atoms with Crippen LogP contribution in [-0.2, 0) is 23.9 Å². The van der Waals surface area contributed by atoms with E-state index in [4.69, 9.17) is 9.47 Å². The van der Waals surface area contributed by atoms with Crippen LogP contribution in [-0.4, -0.2) is 74.1 Å². The monoisotopic (exact) mass is 751 g/mol. The van der Waals surface area contributed by atoms with Crippen molar-refractivity contribution in [1.82, 2.24) is 9.80 Å². The molecule has 0 rings (SSSR count). The summed E-state index contributed by atoms with van der Waals surface area (Å²) in [5.74, 6) is -0.00413. The van der Waals surface area contributed by atoms with Gasteiger partial charge in [0.15, 0.2) is 0 Å². The molecule has 0 saturated carbocycles. The van der Waals surface area contributed by atoms with Crippen molar-refractivity contribution in [2.45, 2.75) is 239 Å². The number of hydrogen-bond acceptors (Lipinski definition) is 6. The Morgan fingerprint density at radius 3 is 1.28 bits per heavy atom. The molecule has 0 aromatic rings. The van der Waals surface area contributed by atoms with E-state index in [9.17, 15) is 14.4 Å². The molecule has 0 radical (unpaired) electrons. The number of rotatable bonds is 41. The minimum Gasteiger partial charge on any atom is -0.466 e. The Labute approximate surface area is 329 Å². The van der Waals surface area contributed by atoms with Gasteiger partial charge in [-0.05, 0) is 65.5 Å². The van der Waals surface area contributed by atoms with Crippen LogP contribution in [0.1, 0.15) is 233 Å². The smallest absolute Gasteiger partial charge is 0.306 e. The Kier molecular flexibility index (Phi) is 38.8. The third kappa shape index (κ3) is 37.1. The summed E-state index contributed by atoms with van der Waals surface area (Å²) in [5, 5.41) is 0. The average molecular weight is 751 g/mol. The molecule has 0 atom stereocenters. The number of ether oxygens (including phenoxy) is 2. The predicted molar refractivity (Wildman–Crippen MR) is 225 cm³/mol. The third-order valence-corrected chi connectivity index (χ3v) is 10.5. The van der Waals surface area contributed by atoms with Gasteiger partial charge in [0, 0.05) is 25.9 Å². The van der Waals surface area contributed by atoms with E-state index in [1.54, 1.807) is 0 Å². The molecule has 0 aliphatic carbocycles. The zero-order chi connectivity index (χ0) is 39.0. The van der Waals surface area contributed by atoms with Gasteiger partial charge >= 0.3 is 11.9 Å². The molecular weight excluding hydrogens is 661 g/mol. The van der Waals surface area contributed by atoms with Gasteiger partial charge in [0.2, 0.25) is 5.91 Å². The van der Waals surface area contributed by atoms with E-state index in [1.165, 1.54) is 122 Å². The normalized spacial score (nSPS) is 11.5. The van der Waals surface area contributed by atoms with Gasteiger partial charge < -0.3 is 19.3 Å². The van der Waals surface area contributed by atoms with E-state index >= 15 is 0 Å². The van der Waals surface area contributed by atoms with Gasteiger partial charge in [-0.15, -0.1) is 0 Å². The van der Waals surface area contributed by atoms with Crippen molar-refractivity contribution in [3.8, 4) is 0 Å². The molecule has 0 aliphatic heterocycles. The fourth-order valence-corrected chi connectivity index (χ4v) is 7.09. The van der Waals surface area contributed by atoms with Gasteiger partial charge in [-0.3, -0.25) is 14.4 Å². The predicted octanol–water partition coefficient (Wildman–Crippen LogP) is 12.8. The summed E-state index contributed by atoms with van der Waals surface area (Å²) < 4.78 is 11.5. The molecule has 0 fully saturated rings. The molecule has 7 heteroatoms. The van der Waals surface area contributed by atoms with Crippen molar-refractivity contribution < 1.29 is 23.9 Å². The first-order valence-corrected chi connectivity index (χ1v) is 23.1. The fraction of sp³-hybridized carbons (Fsp3) is 0.935. The quantitative estimate of drug-likeness (QED) is 0.0457. The van der Waals surface area contributed by atoms with Crippen LogP contribution in [0.15, 0.2) is 0 Å². The van der Waals surface area contributed by atoms with Gasteiger partial charge in [0.1, 0.15) is 6.10 Å². The molecular formula is C46H90N2O5. The molecule has 0 spiro atoms. The number of carbonyl (C=O) groups excluding carboxylic acids is 3. The summed E-state index contributed by atoms with van der Waals surface area (Å²) in [4.78, 5) is 41.8. The molecule has 7 nitrogen and oxygen atoms in total. The molecule has 0 heterocycles. The van der Waals surface area contributed by atoms with Crippen LogP contribution in [0.25, 0.3) is 0 Å². The summed E-state index contributed by atoms with van der Waals surface area (Å²) in [7, 11) is 3.84. The third-order valence-electron chi connectivity index (χ3n) is 10.5. The first-order valence-electron chi connectivity index (χ1n) is 23.1. The van der Waals surface area contributed by atoms with E-state index in [1.807, 2.05) is 23.9 Å². The van der Waals surface area contributed by atoms with Crippen molar-refractivity contribution in [2.24, 2.45) is 0 Å². The first kappa shape index (κ1) is 51.4. The molecule has 0 N–H and O–H groups in total. The number of nitrogens with zero attached hydrogens (tertiary/aromatic N) is 2. The Hall–Kier alpha value is -1.63. The van der Waals surface area contributed by atoms with Gasteiger partial charge in [-0.2, -0.15) is 0 Å². The zero-order valence-electron chi connectivity index (χ0n) is 36.2. The highest BCUT2D eigenvalue weighted by Crippen LogP contribution is 2.19. The minimum atomic E-state index is -0.109. The molecule has 0 aromatic carbocycles. The first-order chi connectivity index (χ1) is 25.8. The van der Waals surface area contributed by atoms with E-state index in [-0.39, 0.29) is 23.9 Å². The van der Waals surface area contributed by atoms with Gasteiger partial charge in [-0.1, -0.05) is 168 Å². The number of esters is 2. The van der Waals surface area contributed by atoms with Gasteiger partial charge in [-0.25, -0.2) is 0 Å². The lowest BCUT2D eigenvalue weighted by Gasteiger charge is -2.24. The van der Waals surface area contributed by atoms with Crippen LogP contribution in [0.4, 0.5) is 0 Å².